The van der Waals surface area contributed by atoms with Crippen LogP contribution in [0.3, 0.4) is 0 Å². The fraction of sp³-hybridized carbons (Fsp3) is 0.0556. The van der Waals surface area contributed by atoms with Crippen LogP contribution in [0.25, 0.3) is 22.6 Å². The van der Waals surface area contributed by atoms with E-state index in [1.54, 1.807) is 18.2 Å². The maximum absolute atomic E-state index is 9.46. The third-order valence-electron chi connectivity index (χ3n) is 3.52. The Hall–Kier alpha value is -2.21. The van der Waals surface area contributed by atoms with Gasteiger partial charge in [0.05, 0.1) is 21.7 Å². The quantitative estimate of drug-likeness (QED) is 0.589. The number of allylic oxidation sites excluding steroid dienone is 1. The summed E-state index contributed by atoms with van der Waals surface area (Å²) in [5.74, 6) is 0. The van der Waals surface area contributed by atoms with E-state index < -0.39 is 0 Å². The number of hydrogen-bond donors (Lipinski definition) is 1. The molecule has 0 saturated carbocycles. The Morgan fingerprint density at radius 1 is 1.14 bits per heavy atom. The van der Waals surface area contributed by atoms with E-state index in [0.717, 1.165) is 22.0 Å². The average molecular weight is 327 g/mol. The van der Waals surface area contributed by atoms with E-state index in [0.29, 0.717) is 15.6 Å². The summed E-state index contributed by atoms with van der Waals surface area (Å²) in [4.78, 5) is 3.22. The lowest BCUT2D eigenvalue weighted by molar-refractivity contribution is 1.45. The summed E-state index contributed by atoms with van der Waals surface area (Å²) in [5, 5.41) is 11.5. The average Bonchev–Trinajstić information content (AvgIpc) is 2.90. The molecule has 1 N–H and O–H groups in total. The molecule has 0 spiro atoms. The minimum Gasteiger partial charge on any atom is -0.361 e. The predicted octanol–water partition coefficient (Wildman–Crippen LogP) is 5.85. The normalized spacial score (nSPS) is 11.6. The van der Waals surface area contributed by atoms with Gasteiger partial charge in [-0.15, -0.1) is 0 Å². The Morgan fingerprint density at radius 3 is 2.68 bits per heavy atom. The number of fused-ring (bicyclic) bond motifs is 1. The van der Waals surface area contributed by atoms with Gasteiger partial charge in [-0.3, -0.25) is 0 Å². The minimum absolute atomic E-state index is 0.440. The molecule has 2 aromatic carbocycles. The molecule has 2 nitrogen and oxygen atoms in total. The number of H-pyrrole nitrogens is 1. The highest BCUT2D eigenvalue weighted by Gasteiger charge is 2.07. The largest absolute Gasteiger partial charge is 0.361 e. The van der Waals surface area contributed by atoms with Gasteiger partial charge < -0.3 is 4.98 Å². The molecule has 0 aliphatic rings. The van der Waals surface area contributed by atoms with Crippen molar-refractivity contribution in [1.82, 2.24) is 4.98 Å². The van der Waals surface area contributed by atoms with Gasteiger partial charge in [-0.05, 0) is 42.8 Å². The summed E-state index contributed by atoms with van der Waals surface area (Å²) < 4.78 is 0. The molecule has 0 radical (unpaired) electrons. The molecule has 0 atom stereocenters. The molecule has 0 aliphatic carbocycles. The standard InChI is InChI=1S/C18H12Cl2N2/c1-11-2-5-18-15(6-11)14(10-22-18)7-13(9-21)12-3-4-16(19)17(20)8-12/h2-8,10,22H,1H3/b13-7+. The molecule has 0 fully saturated rings. The van der Waals surface area contributed by atoms with Crippen molar-refractivity contribution in [3.63, 3.8) is 0 Å². The molecule has 0 unspecified atom stereocenters. The second-order valence-electron chi connectivity index (χ2n) is 5.09. The topological polar surface area (TPSA) is 39.6 Å². The molecular weight excluding hydrogens is 315 g/mol. The first-order valence-electron chi connectivity index (χ1n) is 6.73. The van der Waals surface area contributed by atoms with Crippen LogP contribution < -0.4 is 0 Å². The molecule has 0 amide bonds. The fourth-order valence-corrected chi connectivity index (χ4v) is 2.67. The summed E-state index contributed by atoms with van der Waals surface area (Å²) in [7, 11) is 0. The summed E-state index contributed by atoms with van der Waals surface area (Å²) in [5.41, 5.74) is 4.49. The van der Waals surface area contributed by atoms with Crippen molar-refractivity contribution in [2.24, 2.45) is 0 Å². The monoisotopic (exact) mass is 326 g/mol. The molecule has 1 heterocycles. The van der Waals surface area contributed by atoms with Gasteiger partial charge >= 0.3 is 0 Å². The minimum atomic E-state index is 0.440. The van der Waals surface area contributed by atoms with Crippen LogP contribution >= 0.6 is 23.2 Å². The van der Waals surface area contributed by atoms with Crippen LogP contribution in [0.2, 0.25) is 10.0 Å². The molecule has 3 rings (SSSR count). The number of halogens is 2. The van der Waals surface area contributed by atoms with E-state index in [4.69, 9.17) is 23.2 Å². The Labute approximate surface area is 138 Å². The first kappa shape index (κ1) is 14.7. The van der Waals surface area contributed by atoms with E-state index in [1.807, 2.05) is 25.3 Å². The zero-order valence-corrected chi connectivity index (χ0v) is 13.3. The van der Waals surface area contributed by atoms with Crippen molar-refractivity contribution in [2.75, 3.05) is 0 Å². The molecule has 0 aliphatic heterocycles. The van der Waals surface area contributed by atoms with Crippen LogP contribution in [0.5, 0.6) is 0 Å². The molecular formula is C18H12Cl2N2. The second kappa shape index (κ2) is 5.88. The molecule has 0 bridgehead atoms. The van der Waals surface area contributed by atoms with E-state index in [2.05, 4.69) is 23.2 Å². The number of nitrogens with zero attached hydrogens (tertiary/aromatic N) is 1. The predicted molar refractivity (Wildman–Crippen MR) is 93.0 cm³/mol. The van der Waals surface area contributed by atoms with Gasteiger partial charge in [0.15, 0.2) is 0 Å². The summed E-state index contributed by atoms with van der Waals surface area (Å²) in [6.45, 7) is 2.05. The number of hydrogen-bond acceptors (Lipinski definition) is 1. The van der Waals surface area contributed by atoms with Gasteiger partial charge in [-0.1, -0.05) is 40.9 Å². The molecule has 108 valence electrons. The zero-order valence-electron chi connectivity index (χ0n) is 11.8. The van der Waals surface area contributed by atoms with Gasteiger partial charge in [0.1, 0.15) is 0 Å². The highest BCUT2D eigenvalue weighted by Crippen LogP contribution is 2.28. The Morgan fingerprint density at radius 2 is 1.95 bits per heavy atom. The smallest absolute Gasteiger partial charge is 0.0998 e. The van der Waals surface area contributed by atoms with Crippen LogP contribution in [0.1, 0.15) is 16.7 Å². The van der Waals surface area contributed by atoms with Crippen molar-refractivity contribution in [3.05, 3.63) is 69.3 Å². The zero-order chi connectivity index (χ0) is 15.7. The van der Waals surface area contributed by atoms with Crippen LogP contribution in [-0.2, 0) is 0 Å². The van der Waals surface area contributed by atoms with Gasteiger partial charge in [0, 0.05) is 22.7 Å². The highest BCUT2D eigenvalue weighted by atomic mass is 35.5. The molecule has 4 heteroatoms. The number of rotatable bonds is 2. The van der Waals surface area contributed by atoms with Crippen LogP contribution in [0.15, 0.2) is 42.6 Å². The molecule has 22 heavy (non-hydrogen) atoms. The summed E-state index contributed by atoms with van der Waals surface area (Å²) >= 11 is 12.0. The third-order valence-corrected chi connectivity index (χ3v) is 4.26. The maximum atomic E-state index is 9.46. The van der Waals surface area contributed by atoms with Gasteiger partial charge in [-0.2, -0.15) is 5.26 Å². The molecule has 0 saturated heterocycles. The first-order valence-corrected chi connectivity index (χ1v) is 7.49. The summed E-state index contributed by atoms with van der Waals surface area (Å²) in [6.07, 6.45) is 3.76. The Bertz CT molecular complexity index is 930. The SMILES string of the molecule is Cc1ccc2[nH]cc(/C=C(\C#N)c3ccc(Cl)c(Cl)c3)c2c1. The number of aromatic nitrogens is 1. The van der Waals surface area contributed by atoms with E-state index in [-0.39, 0.29) is 0 Å². The number of aryl methyl sites for hydroxylation is 1. The van der Waals surface area contributed by atoms with Crippen molar-refractivity contribution >= 4 is 45.8 Å². The van der Waals surface area contributed by atoms with Gasteiger partial charge in [-0.25, -0.2) is 0 Å². The maximum Gasteiger partial charge on any atom is 0.0998 e. The first-order chi connectivity index (χ1) is 10.6. The van der Waals surface area contributed by atoms with E-state index in [1.165, 1.54) is 5.56 Å². The molecule has 1 aromatic heterocycles. The Kier molecular flexibility index (Phi) is 3.94. The van der Waals surface area contributed by atoms with Crippen LogP contribution in [0, 0.1) is 18.3 Å². The van der Waals surface area contributed by atoms with E-state index >= 15 is 0 Å². The lowest BCUT2D eigenvalue weighted by Gasteiger charge is -2.02. The summed E-state index contributed by atoms with van der Waals surface area (Å²) in [6, 6.07) is 13.6. The third kappa shape index (κ3) is 2.74. The van der Waals surface area contributed by atoms with Crippen LogP contribution in [0.4, 0.5) is 0 Å². The highest BCUT2D eigenvalue weighted by molar-refractivity contribution is 6.42. The van der Waals surface area contributed by atoms with E-state index in [9.17, 15) is 5.26 Å². The number of nitrogens with one attached hydrogen (secondary N) is 1. The van der Waals surface area contributed by atoms with Gasteiger partial charge in [0.2, 0.25) is 0 Å². The van der Waals surface area contributed by atoms with Gasteiger partial charge in [0.25, 0.3) is 0 Å². The van der Waals surface area contributed by atoms with Crippen LogP contribution in [-0.4, -0.2) is 4.98 Å². The molecule has 3 aromatic rings. The van der Waals surface area contributed by atoms with Crippen molar-refractivity contribution in [2.45, 2.75) is 6.92 Å². The number of aromatic amines is 1. The second-order valence-corrected chi connectivity index (χ2v) is 5.91. The van der Waals surface area contributed by atoms with Crippen molar-refractivity contribution in [1.29, 1.82) is 5.26 Å². The number of nitriles is 1. The lowest BCUT2D eigenvalue weighted by Crippen LogP contribution is -1.83. The van der Waals surface area contributed by atoms with Crippen molar-refractivity contribution in [3.8, 4) is 6.07 Å². The fourth-order valence-electron chi connectivity index (χ4n) is 2.37. The van der Waals surface area contributed by atoms with Crippen molar-refractivity contribution < 1.29 is 0 Å². The Balaban J connectivity index is 2.12. The lowest BCUT2D eigenvalue weighted by atomic mass is 10.0. The number of benzene rings is 2.